The van der Waals surface area contributed by atoms with E-state index in [1.807, 2.05) is 36.9 Å². The molecule has 0 saturated carbocycles. The Hall–Kier alpha value is -2.29. The molecule has 0 atom stereocenters. The number of hydrogen-bond donors (Lipinski definition) is 1. The third-order valence-corrected chi connectivity index (χ3v) is 3.63. The second-order valence-corrected chi connectivity index (χ2v) is 5.06. The van der Waals surface area contributed by atoms with E-state index in [0.29, 0.717) is 17.8 Å². The quantitative estimate of drug-likeness (QED) is 0.793. The van der Waals surface area contributed by atoms with Crippen molar-refractivity contribution < 1.29 is 4.79 Å². The van der Waals surface area contributed by atoms with Crippen LogP contribution in [0.25, 0.3) is 0 Å². The monoisotopic (exact) mass is 252 g/mol. The van der Waals surface area contributed by atoms with Crippen molar-refractivity contribution in [3.05, 3.63) is 58.7 Å². The van der Waals surface area contributed by atoms with Crippen LogP contribution in [0.5, 0.6) is 0 Å². The highest BCUT2D eigenvalue weighted by Gasteiger charge is 2.30. The first-order valence-corrected chi connectivity index (χ1v) is 6.34. The van der Waals surface area contributed by atoms with E-state index in [1.165, 1.54) is 0 Å². The summed E-state index contributed by atoms with van der Waals surface area (Å²) in [6, 6.07) is 11.8. The number of amides is 1. The standard InChI is InChI=1S/C16H16N2O/c1-10-6-7-11(2)14(8-10)18-9-12-4-3-5-13(17)15(12)16(18)19/h3-8H,9,17H2,1-2H3. The molecule has 2 aromatic carbocycles. The molecule has 0 unspecified atom stereocenters. The predicted molar refractivity (Wildman–Crippen MR) is 77.3 cm³/mol. The zero-order valence-electron chi connectivity index (χ0n) is 11.1. The van der Waals surface area contributed by atoms with E-state index in [1.54, 1.807) is 6.07 Å². The number of aryl methyl sites for hydroxylation is 2. The van der Waals surface area contributed by atoms with Gasteiger partial charge < -0.3 is 10.6 Å². The van der Waals surface area contributed by atoms with E-state index in [2.05, 4.69) is 12.1 Å². The summed E-state index contributed by atoms with van der Waals surface area (Å²) < 4.78 is 0. The van der Waals surface area contributed by atoms with Crippen molar-refractivity contribution in [3.8, 4) is 0 Å². The van der Waals surface area contributed by atoms with E-state index < -0.39 is 0 Å². The van der Waals surface area contributed by atoms with Crippen molar-refractivity contribution in [2.75, 3.05) is 10.6 Å². The molecule has 1 aliphatic heterocycles. The Balaban J connectivity index is 2.09. The predicted octanol–water partition coefficient (Wildman–Crippen LogP) is 3.05. The van der Waals surface area contributed by atoms with Crippen molar-refractivity contribution in [3.63, 3.8) is 0 Å². The number of nitrogens with two attached hydrogens (primary N) is 1. The maximum atomic E-state index is 12.5. The average molecular weight is 252 g/mol. The SMILES string of the molecule is Cc1ccc(C)c(N2Cc3cccc(N)c3C2=O)c1. The van der Waals surface area contributed by atoms with Gasteiger partial charge in [0.2, 0.25) is 0 Å². The number of benzene rings is 2. The Bertz CT molecular complexity index is 676. The van der Waals surface area contributed by atoms with Crippen LogP contribution in [0.15, 0.2) is 36.4 Å². The minimum atomic E-state index is 0.00167. The fourth-order valence-corrected chi connectivity index (χ4v) is 2.59. The van der Waals surface area contributed by atoms with Gasteiger partial charge in [-0.3, -0.25) is 4.79 Å². The molecule has 0 aromatic heterocycles. The molecule has 3 heteroatoms. The second-order valence-electron chi connectivity index (χ2n) is 5.06. The van der Waals surface area contributed by atoms with Crippen molar-refractivity contribution in [2.45, 2.75) is 20.4 Å². The third-order valence-electron chi connectivity index (χ3n) is 3.63. The fourth-order valence-electron chi connectivity index (χ4n) is 2.59. The summed E-state index contributed by atoms with van der Waals surface area (Å²) in [7, 11) is 0. The Morgan fingerprint density at radius 1 is 1.16 bits per heavy atom. The lowest BCUT2D eigenvalue weighted by Crippen LogP contribution is -2.24. The molecule has 2 aromatic rings. The normalized spacial score (nSPS) is 13.8. The number of carbonyl (C=O) groups excluding carboxylic acids is 1. The van der Waals surface area contributed by atoms with Gasteiger partial charge in [0.1, 0.15) is 0 Å². The number of anilines is 2. The van der Waals surface area contributed by atoms with Gasteiger partial charge in [-0.1, -0.05) is 24.3 Å². The summed E-state index contributed by atoms with van der Waals surface area (Å²) in [6.45, 7) is 4.66. The third kappa shape index (κ3) is 1.78. The summed E-state index contributed by atoms with van der Waals surface area (Å²) >= 11 is 0. The Morgan fingerprint density at radius 2 is 1.95 bits per heavy atom. The molecule has 0 fully saturated rings. The van der Waals surface area contributed by atoms with Gasteiger partial charge in [0.15, 0.2) is 0 Å². The van der Waals surface area contributed by atoms with Crippen LogP contribution in [-0.4, -0.2) is 5.91 Å². The zero-order chi connectivity index (χ0) is 13.6. The molecular weight excluding hydrogens is 236 g/mol. The van der Waals surface area contributed by atoms with Crippen molar-refractivity contribution in [2.24, 2.45) is 0 Å². The van der Waals surface area contributed by atoms with Crippen LogP contribution >= 0.6 is 0 Å². The number of rotatable bonds is 1. The second kappa shape index (κ2) is 4.12. The Labute approximate surface area is 112 Å². The molecule has 0 bridgehead atoms. The van der Waals surface area contributed by atoms with Crippen LogP contribution in [0, 0.1) is 13.8 Å². The van der Waals surface area contributed by atoms with Crippen molar-refractivity contribution in [1.29, 1.82) is 0 Å². The van der Waals surface area contributed by atoms with Gasteiger partial charge in [0.25, 0.3) is 5.91 Å². The zero-order valence-corrected chi connectivity index (χ0v) is 11.1. The van der Waals surface area contributed by atoms with Crippen LogP contribution in [0.3, 0.4) is 0 Å². The summed E-state index contributed by atoms with van der Waals surface area (Å²) in [5, 5.41) is 0. The average Bonchev–Trinajstić information content (AvgIpc) is 2.71. The number of hydrogen-bond acceptors (Lipinski definition) is 2. The molecule has 19 heavy (non-hydrogen) atoms. The molecule has 1 aliphatic rings. The van der Waals surface area contributed by atoms with Crippen LogP contribution in [0.2, 0.25) is 0 Å². The molecule has 2 N–H and O–H groups in total. The van der Waals surface area contributed by atoms with Crippen LogP contribution < -0.4 is 10.6 Å². The molecule has 0 saturated heterocycles. The lowest BCUT2D eigenvalue weighted by atomic mass is 10.1. The van der Waals surface area contributed by atoms with Crippen LogP contribution in [0.4, 0.5) is 11.4 Å². The first-order chi connectivity index (χ1) is 9.08. The number of nitrogen functional groups attached to an aromatic ring is 1. The minimum absolute atomic E-state index is 0.00167. The first-order valence-electron chi connectivity index (χ1n) is 6.34. The number of nitrogens with zero attached hydrogens (tertiary/aromatic N) is 1. The van der Waals surface area contributed by atoms with E-state index in [4.69, 9.17) is 5.73 Å². The molecular formula is C16H16N2O. The minimum Gasteiger partial charge on any atom is -0.398 e. The molecule has 0 radical (unpaired) electrons. The van der Waals surface area contributed by atoms with E-state index >= 15 is 0 Å². The maximum absolute atomic E-state index is 12.5. The van der Waals surface area contributed by atoms with Gasteiger partial charge in [-0.15, -0.1) is 0 Å². The molecule has 1 amide bonds. The smallest absolute Gasteiger partial charge is 0.261 e. The summed E-state index contributed by atoms with van der Waals surface area (Å²) in [5.74, 6) is 0.00167. The van der Waals surface area contributed by atoms with Gasteiger partial charge in [-0.05, 0) is 42.7 Å². The molecule has 96 valence electrons. The van der Waals surface area contributed by atoms with Gasteiger partial charge >= 0.3 is 0 Å². The van der Waals surface area contributed by atoms with Crippen LogP contribution in [0.1, 0.15) is 27.0 Å². The van der Waals surface area contributed by atoms with Gasteiger partial charge in [-0.25, -0.2) is 0 Å². The number of fused-ring (bicyclic) bond motifs is 1. The van der Waals surface area contributed by atoms with Crippen LogP contribution in [-0.2, 0) is 6.54 Å². The molecule has 3 rings (SSSR count). The lowest BCUT2D eigenvalue weighted by molar-refractivity contribution is 0.0997. The summed E-state index contributed by atoms with van der Waals surface area (Å²) in [4.78, 5) is 14.3. The topological polar surface area (TPSA) is 46.3 Å². The molecule has 1 heterocycles. The van der Waals surface area contributed by atoms with Crippen molar-refractivity contribution in [1.82, 2.24) is 0 Å². The van der Waals surface area contributed by atoms with Gasteiger partial charge in [0.05, 0.1) is 12.1 Å². The Morgan fingerprint density at radius 3 is 2.68 bits per heavy atom. The van der Waals surface area contributed by atoms with E-state index in [0.717, 1.165) is 22.4 Å². The lowest BCUT2D eigenvalue weighted by Gasteiger charge is -2.19. The first kappa shape index (κ1) is 11.8. The molecule has 0 aliphatic carbocycles. The highest BCUT2D eigenvalue weighted by molar-refractivity contribution is 6.13. The summed E-state index contributed by atoms with van der Waals surface area (Å²) in [6.07, 6.45) is 0. The van der Waals surface area contributed by atoms with E-state index in [9.17, 15) is 4.79 Å². The molecule has 3 nitrogen and oxygen atoms in total. The van der Waals surface area contributed by atoms with Gasteiger partial charge in [-0.2, -0.15) is 0 Å². The Kier molecular flexibility index (Phi) is 2.56. The maximum Gasteiger partial charge on any atom is 0.261 e. The number of carbonyl (C=O) groups is 1. The summed E-state index contributed by atoms with van der Waals surface area (Å²) in [5.41, 5.74) is 11.4. The highest BCUT2D eigenvalue weighted by Crippen LogP contribution is 2.33. The van der Waals surface area contributed by atoms with E-state index in [-0.39, 0.29) is 5.91 Å². The fraction of sp³-hybridized carbons (Fsp3) is 0.188. The highest BCUT2D eigenvalue weighted by atomic mass is 16.2. The molecule has 0 spiro atoms. The largest absolute Gasteiger partial charge is 0.398 e. The van der Waals surface area contributed by atoms with Gasteiger partial charge in [0, 0.05) is 11.4 Å². The van der Waals surface area contributed by atoms with Crippen molar-refractivity contribution >= 4 is 17.3 Å².